The molecular formula is C24H27NO2S. The average Bonchev–Trinajstić information content (AvgIpc) is 3.16. The van der Waals surface area contributed by atoms with Crippen LogP contribution < -0.4 is 9.47 Å². The molecule has 0 saturated heterocycles. The summed E-state index contributed by atoms with van der Waals surface area (Å²) in [5.74, 6) is 2.16. The number of benzene rings is 2. The zero-order valence-corrected chi connectivity index (χ0v) is 17.8. The number of hydrogen-bond acceptors (Lipinski definition) is 4. The molecule has 0 atom stereocenters. The predicted octanol–water partition coefficient (Wildman–Crippen LogP) is 6.72. The summed E-state index contributed by atoms with van der Waals surface area (Å²) in [6.07, 6.45) is 5.12. The molecule has 0 fully saturated rings. The molecule has 1 aromatic heterocycles. The fourth-order valence-electron chi connectivity index (χ4n) is 2.70. The van der Waals surface area contributed by atoms with Crippen LogP contribution in [0.3, 0.4) is 0 Å². The third-order valence-corrected chi connectivity index (χ3v) is 5.24. The lowest BCUT2D eigenvalue weighted by Gasteiger charge is -2.12. The molecule has 0 unspecified atom stereocenters. The van der Waals surface area contributed by atoms with E-state index in [0.29, 0.717) is 12.5 Å². The van der Waals surface area contributed by atoms with E-state index in [4.69, 9.17) is 14.5 Å². The molecule has 0 aliphatic carbocycles. The Morgan fingerprint density at radius 3 is 2.54 bits per heavy atom. The van der Waals surface area contributed by atoms with Gasteiger partial charge in [-0.1, -0.05) is 55.8 Å². The minimum absolute atomic E-state index is 0.622. The van der Waals surface area contributed by atoms with E-state index >= 15 is 0 Å². The second-order valence-corrected chi connectivity index (χ2v) is 8.10. The Morgan fingerprint density at radius 1 is 1.04 bits per heavy atom. The van der Waals surface area contributed by atoms with Crippen LogP contribution in [0.5, 0.6) is 11.5 Å². The number of hydrogen-bond donors (Lipinski definition) is 0. The monoisotopic (exact) mass is 393 g/mol. The lowest BCUT2D eigenvalue weighted by Crippen LogP contribution is -2.02. The third-order valence-electron chi connectivity index (χ3n) is 4.43. The number of ether oxygens (including phenoxy) is 2. The molecule has 4 heteroatoms. The van der Waals surface area contributed by atoms with Crippen molar-refractivity contribution in [2.24, 2.45) is 5.92 Å². The summed E-state index contributed by atoms with van der Waals surface area (Å²) in [4.78, 5) is 4.72. The summed E-state index contributed by atoms with van der Waals surface area (Å²) >= 11 is 1.64. The molecule has 0 N–H and O–H groups in total. The first-order valence-electron chi connectivity index (χ1n) is 9.56. The molecule has 0 spiro atoms. The Morgan fingerprint density at radius 2 is 1.82 bits per heavy atom. The molecule has 2 aromatic carbocycles. The van der Waals surface area contributed by atoms with Gasteiger partial charge in [-0.15, -0.1) is 11.3 Å². The van der Waals surface area contributed by atoms with E-state index < -0.39 is 0 Å². The molecule has 3 nitrogen and oxygen atoms in total. The van der Waals surface area contributed by atoms with Crippen LogP contribution in [0.25, 0.3) is 23.4 Å². The summed E-state index contributed by atoms with van der Waals surface area (Å²) in [5.41, 5.74) is 4.46. The Kier molecular flexibility index (Phi) is 6.88. The van der Waals surface area contributed by atoms with E-state index in [1.807, 2.05) is 24.3 Å². The third kappa shape index (κ3) is 5.46. The fourth-order valence-corrected chi connectivity index (χ4v) is 3.42. The largest absolute Gasteiger partial charge is 0.493 e. The van der Waals surface area contributed by atoms with Gasteiger partial charge in [-0.3, -0.25) is 0 Å². The van der Waals surface area contributed by atoms with E-state index in [-0.39, 0.29) is 0 Å². The van der Waals surface area contributed by atoms with Crippen molar-refractivity contribution >= 4 is 23.5 Å². The smallest absolute Gasteiger partial charge is 0.161 e. The zero-order valence-electron chi connectivity index (χ0n) is 16.9. The van der Waals surface area contributed by atoms with Crippen LogP contribution in [0.15, 0.2) is 47.8 Å². The molecule has 3 rings (SSSR count). The van der Waals surface area contributed by atoms with Crippen LogP contribution in [-0.4, -0.2) is 18.7 Å². The quantitative estimate of drug-likeness (QED) is 0.425. The standard InChI is InChI=1S/C24H27NO2S/c1-17(2)13-14-27-22-11-7-19(15-23(22)26-4)8-12-24-25-21(16-28-24)20-9-5-18(3)6-10-20/h5-12,15-17H,13-14H2,1-4H3/b12-8+. The summed E-state index contributed by atoms with van der Waals surface area (Å²) in [7, 11) is 1.67. The van der Waals surface area contributed by atoms with Gasteiger partial charge in [-0.2, -0.15) is 0 Å². The molecule has 0 amide bonds. The van der Waals surface area contributed by atoms with Crippen molar-refractivity contribution in [2.75, 3.05) is 13.7 Å². The van der Waals surface area contributed by atoms with E-state index in [0.717, 1.165) is 39.7 Å². The fraction of sp³-hybridized carbons (Fsp3) is 0.292. The molecule has 3 aromatic rings. The van der Waals surface area contributed by atoms with Crippen molar-refractivity contribution < 1.29 is 9.47 Å². The van der Waals surface area contributed by atoms with Gasteiger partial charge in [0, 0.05) is 10.9 Å². The van der Waals surface area contributed by atoms with Gasteiger partial charge in [0.05, 0.1) is 19.4 Å². The van der Waals surface area contributed by atoms with Crippen molar-refractivity contribution in [3.05, 3.63) is 64.0 Å². The van der Waals surface area contributed by atoms with Crippen LogP contribution in [0.1, 0.15) is 36.4 Å². The lowest BCUT2D eigenvalue weighted by atomic mass is 10.1. The highest BCUT2D eigenvalue weighted by Crippen LogP contribution is 2.29. The molecule has 146 valence electrons. The Hall–Kier alpha value is -2.59. The van der Waals surface area contributed by atoms with Gasteiger partial charge >= 0.3 is 0 Å². The second-order valence-electron chi connectivity index (χ2n) is 7.21. The minimum Gasteiger partial charge on any atom is -0.493 e. The highest BCUT2D eigenvalue weighted by molar-refractivity contribution is 7.10. The van der Waals surface area contributed by atoms with Crippen molar-refractivity contribution in [3.63, 3.8) is 0 Å². The molecule has 1 heterocycles. The van der Waals surface area contributed by atoms with Gasteiger partial charge in [-0.25, -0.2) is 4.98 Å². The second kappa shape index (κ2) is 9.56. The minimum atomic E-state index is 0.622. The van der Waals surface area contributed by atoms with Gasteiger partial charge in [0.25, 0.3) is 0 Å². The lowest BCUT2D eigenvalue weighted by molar-refractivity contribution is 0.273. The molecule has 0 aliphatic rings. The topological polar surface area (TPSA) is 31.4 Å². The summed E-state index contributed by atoms with van der Waals surface area (Å²) in [5, 5.41) is 3.07. The molecule has 0 saturated carbocycles. The molecular weight excluding hydrogens is 366 g/mol. The molecule has 0 radical (unpaired) electrons. The number of aromatic nitrogens is 1. The first-order chi connectivity index (χ1) is 13.5. The first-order valence-corrected chi connectivity index (χ1v) is 10.4. The van der Waals surface area contributed by atoms with Crippen LogP contribution in [-0.2, 0) is 0 Å². The van der Waals surface area contributed by atoms with Crippen LogP contribution in [0.2, 0.25) is 0 Å². The average molecular weight is 394 g/mol. The van der Waals surface area contributed by atoms with Crippen LogP contribution in [0, 0.1) is 12.8 Å². The number of aryl methyl sites for hydroxylation is 1. The summed E-state index contributed by atoms with van der Waals surface area (Å²) in [6, 6.07) is 14.5. The molecule has 28 heavy (non-hydrogen) atoms. The number of nitrogens with zero attached hydrogens (tertiary/aromatic N) is 1. The van der Waals surface area contributed by atoms with Gasteiger partial charge < -0.3 is 9.47 Å². The number of methoxy groups -OCH3 is 1. The summed E-state index contributed by atoms with van der Waals surface area (Å²) in [6.45, 7) is 7.17. The Labute approximate surface area is 171 Å². The summed E-state index contributed by atoms with van der Waals surface area (Å²) < 4.78 is 11.4. The van der Waals surface area contributed by atoms with Gasteiger partial charge in [0.1, 0.15) is 5.01 Å². The highest BCUT2D eigenvalue weighted by atomic mass is 32.1. The highest BCUT2D eigenvalue weighted by Gasteiger charge is 2.06. The van der Waals surface area contributed by atoms with Crippen molar-refractivity contribution in [2.45, 2.75) is 27.2 Å². The maximum absolute atomic E-state index is 5.86. The van der Waals surface area contributed by atoms with Gasteiger partial charge in [0.2, 0.25) is 0 Å². The zero-order chi connectivity index (χ0) is 19.9. The van der Waals surface area contributed by atoms with Crippen molar-refractivity contribution in [3.8, 4) is 22.8 Å². The maximum Gasteiger partial charge on any atom is 0.161 e. The normalized spacial score (nSPS) is 11.3. The predicted molar refractivity (Wildman–Crippen MR) is 119 cm³/mol. The van der Waals surface area contributed by atoms with E-state index in [1.165, 1.54) is 5.56 Å². The van der Waals surface area contributed by atoms with E-state index in [1.54, 1.807) is 18.4 Å². The Balaban J connectivity index is 1.69. The maximum atomic E-state index is 5.86. The molecule has 0 aliphatic heterocycles. The van der Waals surface area contributed by atoms with E-state index in [2.05, 4.69) is 56.5 Å². The number of rotatable bonds is 8. The van der Waals surface area contributed by atoms with E-state index in [9.17, 15) is 0 Å². The molecule has 0 bridgehead atoms. The van der Waals surface area contributed by atoms with Gasteiger partial charge in [-0.05, 0) is 43.0 Å². The SMILES string of the molecule is COc1cc(/C=C/c2nc(-c3ccc(C)cc3)cs2)ccc1OCCC(C)C. The first kappa shape index (κ1) is 20.2. The van der Waals surface area contributed by atoms with Crippen molar-refractivity contribution in [1.29, 1.82) is 0 Å². The van der Waals surface area contributed by atoms with Gasteiger partial charge in [0.15, 0.2) is 11.5 Å². The number of thiazole rings is 1. The van der Waals surface area contributed by atoms with Crippen molar-refractivity contribution in [1.82, 2.24) is 4.98 Å². The van der Waals surface area contributed by atoms with Crippen LogP contribution >= 0.6 is 11.3 Å². The Bertz CT molecular complexity index is 926. The van der Waals surface area contributed by atoms with Crippen LogP contribution in [0.4, 0.5) is 0 Å².